The molecule has 0 unspecified atom stereocenters. The first-order valence-electron chi connectivity index (χ1n) is 6.67. The Morgan fingerprint density at radius 2 is 1.50 bits per heavy atom. The summed E-state index contributed by atoms with van der Waals surface area (Å²) >= 11 is 0. The molecule has 3 aliphatic carbocycles. The molecule has 0 heterocycles. The van der Waals surface area contributed by atoms with Gasteiger partial charge >= 0.3 is 0 Å². The molecule has 2 nitrogen and oxygen atoms in total. The molecule has 0 spiro atoms. The van der Waals surface area contributed by atoms with Crippen molar-refractivity contribution in [2.24, 2.45) is 5.92 Å². The molecule has 0 N–H and O–H groups in total. The molecule has 3 aliphatic rings. The van der Waals surface area contributed by atoms with Crippen molar-refractivity contribution >= 4 is 0 Å². The van der Waals surface area contributed by atoms with Crippen molar-refractivity contribution in [3.05, 3.63) is 0 Å². The van der Waals surface area contributed by atoms with Crippen LogP contribution in [0.2, 0.25) is 0 Å². The van der Waals surface area contributed by atoms with Crippen molar-refractivity contribution in [2.75, 3.05) is 14.2 Å². The summed E-state index contributed by atoms with van der Waals surface area (Å²) in [6.07, 6.45) is 10.0. The van der Waals surface area contributed by atoms with E-state index in [1.165, 1.54) is 44.9 Å². The van der Waals surface area contributed by atoms with Gasteiger partial charge in [-0.15, -0.1) is 0 Å². The SMILES string of the molecule is CC1CC1.COC1(C)CCC1.COC1CC1. The second-order valence-electron chi connectivity index (χ2n) is 5.63. The maximum absolute atomic E-state index is 5.17. The van der Waals surface area contributed by atoms with E-state index in [-0.39, 0.29) is 5.60 Å². The van der Waals surface area contributed by atoms with E-state index in [4.69, 9.17) is 9.47 Å². The summed E-state index contributed by atoms with van der Waals surface area (Å²) < 4.78 is 10.0. The molecule has 0 aliphatic heterocycles. The standard InChI is InChI=1S/C6H12O.C4H8O.C4H8/c1-6(7-2)4-3-5-6;1-5-4-2-3-4;1-4-2-3-4/h3-5H2,1-2H3;4H,2-3H2,1H3;4H,2-3H2,1H3. The fourth-order valence-electron chi connectivity index (χ4n) is 1.35. The zero-order valence-electron chi connectivity index (χ0n) is 11.4. The number of ether oxygens (including phenoxy) is 2. The Morgan fingerprint density at radius 3 is 1.50 bits per heavy atom. The number of methoxy groups -OCH3 is 2. The van der Waals surface area contributed by atoms with Crippen LogP contribution in [0.4, 0.5) is 0 Å². The predicted molar refractivity (Wildman–Crippen MR) is 67.7 cm³/mol. The Kier molecular flexibility index (Phi) is 5.77. The van der Waals surface area contributed by atoms with Gasteiger partial charge in [0.15, 0.2) is 0 Å². The summed E-state index contributed by atoms with van der Waals surface area (Å²) in [4.78, 5) is 0. The van der Waals surface area contributed by atoms with Gasteiger partial charge in [-0.05, 0) is 44.9 Å². The van der Waals surface area contributed by atoms with Crippen LogP contribution >= 0.6 is 0 Å². The molecule has 0 aromatic rings. The molecule has 0 atom stereocenters. The van der Waals surface area contributed by atoms with E-state index in [1.807, 2.05) is 0 Å². The van der Waals surface area contributed by atoms with Gasteiger partial charge in [0.25, 0.3) is 0 Å². The lowest BCUT2D eigenvalue weighted by atomic mass is 9.82. The number of hydrogen-bond acceptors (Lipinski definition) is 2. The first-order chi connectivity index (χ1) is 7.59. The Morgan fingerprint density at radius 1 is 1.00 bits per heavy atom. The van der Waals surface area contributed by atoms with Gasteiger partial charge in [0.05, 0.1) is 11.7 Å². The average molecular weight is 228 g/mol. The second kappa shape index (κ2) is 6.61. The summed E-state index contributed by atoms with van der Waals surface area (Å²) in [5.74, 6) is 1.08. The van der Waals surface area contributed by atoms with Gasteiger partial charge in [0, 0.05) is 14.2 Å². The minimum absolute atomic E-state index is 0.264. The fraction of sp³-hybridized carbons (Fsp3) is 1.00. The molecule has 0 aromatic heterocycles. The Balaban J connectivity index is 0.000000125. The first kappa shape index (κ1) is 14.0. The first-order valence-corrected chi connectivity index (χ1v) is 6.67. The highest BCUT2D eigenvalue weighted by Crippen LogP contribution is 2.33. The zero-order chi connectivity index (χ0) is 12.0. The van der Waals surface area contributed by atoms with Crippen LogP contribution in [0, 0.1) is 5.92 Å². The van der Waals surface area contributed by atoms with Gasteiger partial charge in [-0.2, -0.15) is 0 Å². The van der Waals surface area contributed by atoms with E-state index in [0.717, 1.165) is 5.92 Å². The molecule has 0 radical (unpaired) electrons. The van der Waals surface area contributed by atoms with E-state index in [9.17, 15) is 0 Å². The molecule has 96 valence electrons. The van der Waals surface area contributed by atoms with Crippen molar-refractivity contribution in [1.29, 1.82) is 0 Å². The van der Waals surface area contributed by atoms with Crippen LogP contribution in [0.15, 0.2) is 0 Å². The Hall–Kier alpha value is -0.0800. The van der Waals surface area contributed by atoms with Crippen molar-refractivity contribution in [2.45, 2.75) is 70.5 Å². The molecule has 0 amide bonds. The molecule has 2 heteroatoms. The summed E-state index contributed by atoms with van der Waals surface area (Å²) in [7, 11) is 3.55. The van der Waals surface area contributed by atoms with Gasteiger partial charge in [-0.25, -0.2) is 0 Å². The molecule has 0 aromatic carbocycles. The topological polar surface area (TPSA) is 18.5 Å². The monoisotopic (exact) mass is 228 g/mol. The number of hydrogen-bond donors (Lipinski definition) is 0. The van der Waals surface area contributed by atoms with Crippen molar-refractivity contribution in [3.8, 4) is 0 Å². The highest BCUT2D eigenvalue weighted by Gasteiger charge is 2.30. The van der Waals surface area contributed by atoms with Gasteiger partial charge in [-0.1, -0.05) is 19.8 Å². The third-order valence-corrected chi connectivity index (χ3v) is 3.63. The summed E-state index contributed by atoms with van der Waals surface area (Å²) in [5, 5.41) is 0. The quantitative estimate of drug-likeness (QED) is 0.716. The van der Waals surface area contributed by atoms with Crippen LogP contribution in [0.5, 0.6) is 0 Å². The van der Waals surface area contributed by atoms with Gasteiger partial charge in [0.1, 0.15) is 0 Å². The van der Waals surface area contributed by atoms with Gasteiger partial charge < -0.3 is 9.47 Å². The van der Waals surface area contributed by atoms with Crippen LogP contribution in [0.1, 0.15) is 58.8 Å². The number of rotatable bonds is 2. The summed E-state index contributed by atoms with van der Waals surface area (Å²) in [5.41, 5.74) is 0.264. The summed E-state index contributed by atoms with van der Waals surface area (Å²) in [6, 6.07) is 0. The maximum atomic E-state index is 5.17. The van der Waals surface area contributed by atoms with E-state index in [0.29, 0.717) is 6.10 Å². The Bertz CT molecular complexity index is 174. The lowest BCUT2D eigenvalue weighted by molar-refractivity contribution is -0.0555. The van der Waals surface area contributed by atoms with Crippen LogP contribution in [-0.4, -0.2) is 25.9 Å². The van der Waals surface area contributed by atoms with E-state index >= 15 is 0 Å². The molecule has 0 saturated heterocycles. The molecule has 3 rings (SSSR count). The van der Waals surface area contributed by atoms with Gasteiger partial charge in [0.2, 0.25) is 0 Å². The van der Waals surface area contributed by atoms with Gasteiger partial charge in [-0.3, -0.25) is 0 Å². The maximum Gasteiger partial charge on any atom is 0.0650 e. The molecule has 16 heavy (non-hydrogen) atoms. The molecule has 3 saturated carbocycles. The van der Waals surface area contributed by atoms with Crippen molar-refractivity contribution in [3.63, 3.8) is 0 Å². The molecular formula is C14H28O2. The molecule has 3 fully saturated rings. The lowest BCUT2D eigenvalue weighted by Crippen LogP contribution is -2.34. The Labute approximate surface area is 101 Å². The second-order valence-corrected chi connectivity index (χ2v) is 5.63. The highest BCUT2D eigenvalue weighted by molar-refractivity contribution is 4.83. The van der Waals surface area contributed by atoms with Crippen LogP contribution in [0.25, 0.3) is 0 Å². The minimum Gasteiger partial charge on any atom is -0.381 e. The van der Waals surface area contributed by atoms with Crippen LogP contribution in [-0.2, 0) is 9.47 Å². The third kappa shape index (κ3) is 6.49. The average Bonchev–Trinajstić information content (AvgIpc) is 3.10. The smallest absolute Gasteiger partial charge is 0.0650 e. The predicted octanol–water partition coefficient (Wildman–Crippen LogP) is 3.79. The van der Waals surface area contributed by atoms with E-state index < -0.39 is 0 Å². The summed E-state index contributed by atoms with van der Waals surface area (Å²) in [6.45, 7) is 4.44. The highest BCUT2D eigenvalue weighted by atomic mass is 16.5. The fourth-order valence-corrected chi connectivity index (χ4v) is 1.35. The largest absolute Gasteiger partial charge is 0.381 e. The minimum atomic E-state index is 0.264. The van der Waals surface area contributed by atoms with Crippen LogP contribution < -0.4 is 0 Å². The van der Waals surface area contributed by atoms with Crippen molar-refractivity contribution < 1.29 is 9.47 Å². The van der Waals surface area contributed by atoms with Crippen molar-refractivity contribution in [1.82, 2.24) is 0 Å². The van der Waals surface area contributed by atoms with E-state index in [2.05, 4.69) is 13.8 Å². The normalized spacial score (nSPS) is 25.5. The third-order valence-electron chi connectivity index (χ3n) is 3.63. The molecular weight excluding hydrogens is 200 g/mol. The molecule has 0 bridgehead atoms. The van der Waals surface area contributed by atoms with E-state index in [1.54, 1.807) is 14.2 Å². The van der Waals surface area contributed by atoms with Crippen LogP contribution in [0.3, 0.4) is 0 Å². The zero-order valence-corrected chi connectivity index (χ0v) is 11.4. The lowest BCUT2D eigenvalue weighted by Gasteiger charge is -2.36.